The van der Waals surface area contributed by atoms with Crippen LogP contribution in [0.2, 0.25) is 0 Å². The molecular weight excluding hydrogens is 302 g/mol. The van der Waals surface area contributed by atoms with Gasteiger partial charge in [-0.25, -0.2) is 0 Å². The highest BCUT2D eigenvalue weighted by Crippen LogP contribution is 2.33. The molecule has 4 heteroatoms. The second kappa shape index (κ2) is 7.21. The van der Waals surface area contributed by atoms with Crippen molar-refractivity contribution in [2.75, 3.05) is 20.8 Å². The lowest BCUT2D eigenvalue weighted by atomic mass is 9.98. The van der Waals surface area contributed by atoms with E-state index in [0.717, 1.165) is 23.3 Å². The van der Waals surface area contributed by atoms with Gasteiger partial charge in [-0.15, -0.1) is 0 Å². The molecule has 0 unspecified atom stereocenters. The lowest BCUT2D eigenvalue weighted by molar-refractivity contribution is -0.126. The fraction of sp³-hybridized carbons (Fsp3) is 0.250. The molecule has 24 heavy (non-hydrogen) atoms. The third-order valence-electron chi connectivity index (χ3n) is 4.25. The summed E-state index contributed by atoms with van der Waals surface area (Å²) >= 11 is 0. The number of benzene rings is 2. The number of ether oxygens (including phenoxy) is 2. The molecule has 1 aliphatic rings. The van der Waals surface area contributed by atoms with Crippen molar-refractivity contribution in [3.63, 3.8) is 0 Å². The third-order valence-corrected chi connectivity index (χ3v) is 4.25. The summed E-state index contributed by atoms with van der Waals surface area (Å²) in [4.78, 5) is 14.3. The van der Waals surface area contributed by atoms with Gasteiger partial charge in [0.15, 0.2) is 11.5 Å². The van der Waals surface area contributed by atoms with E-state index in [2.05, 4.69) is 0 Å². The molecule has 0 aliphatic carbocycles. The van der Waals surface area contributed by atoms with Crippen molar-refractivity contribution in [1.82, 2.24) is 4.90 Å². The molecule has 0 spiro atoms. The van der Waals surface area contributed by atoms with Crippen molar-refractivity contribution in [2.45, 2.75) is 13.0 Å². The molecule has 2 aromatic carbocycles. The molecule has 0 radical (unpaired) electrons. The minimum atomic E-state index is 0.0271. The van der Waals surface area contributed by atoms with E-state index >= 15 is 0 Å². The van der Waals surface area contributed by atoms with Crippen LogP contribution in [0.3, 0.4) is 0 Å². The molecular formula is C20H21NO3. The molecule has 0 fully saturated rings. The van der Waals surface area contributed by atoms with Gasteiger partial charge in [-0.1, -0.05) is 30.3 Å². The topological polar surface area (TPSA) is 38.8 Å². The van der Waals surface area contributed by atoms with E-state index in [1.165, 1.54) is 5.56 Å². The normalized spacial score (nSPS) is 13.7. The maximum Gasteiger partial charge on any atom is 0.246 e. The average molecular weight is 323 g/mol. The van der Waals surface area contributed by atoms with Crippen LogP contribution < -0.4 is 9.47 Å². The predicted octanol–water partition coefficient (Wildman–Crippen LogP) is 3.30. The Kier molecular flexibility index (Phi) is 4.85. The van der Waals surface area contributed by atoms with Crippen LogP contribution in [0.4, 0.5) is 0 Å². The van der Waals surface area contributed by atoms with Crippen LogP contribution in [-0.4, -0.2) is 31.6 Å². The van der Waals surface area contributed by atoms with Gasteiger partial charge in [0.05, 0.1) is 14.2 Å². The smallest absolute Gasteiger partial charge is 0.246 e. The molecule has 0 atom stereocenters. The van der Waals surface area contributed by atoms with Crippen molar-refractivity contribution in [3.8, 4) is 11.5 Å². The Morgan fingerprint density at radius 1 is 1.04 bits per heavy atom. The summed E-state index contributed by atoms with van der Waals surface area (Å²) < 4.78 is 10.7. The van der Waals surface area contributed by atoms with Crippen LogP contribution in [0.5, 0.6) is 11.5 Å². The second-order valence-corrected chi connectivity index (χ2v) is 5.73. The lowest BCUT2D eigenvalue weighted by Crippen LogP contribution is -2.34. The first-order chi connectivity index (χ1) is 11.7. The summed E-state index contributed by atoms with van der Waals surface area (Å²) in [6.07, 6.45) is 4.31. The summed E-state index contributed by atoms with van der Waals surface area (Å²) in [6.45, 7) is 1.30. The summed E-state index contributed by atoms with van der Waals surface area (Å²) in [5, 5.41) is 0. The van der Waals surface area contributed by atoms with Gasteiger partial charge >= 0.3 is 0 Å². The number of amides is 1. The average Bonchev–Trinajstić information content (AvgIpc) is 2.65. The van der Waals surface area contributed by atoms with Gasteiger partial charge in [0.2, 0.25) is 5.91 Å². The van der Waals surface area contributed by atoms with Gasteiger partial charge in [-0.2, -0.15) is 0 Å². The highest BCUT2D eigenvalue weighted by Gasteiger charge is 2.21. The third kappa shape index (κ3) is 3.43. The molecule has 4 nitrogen and oxygen atoms in total. The number of fused-ring (bicyclic) bond motifs is 1. The maximum atomic E-state index is 12.4. The van der Waals surface area contributed by atoms with E-state index in [1.807, 2.05) is 53.4 Å². The Morgan fingerprint density at radius 2 is 1.71 bits per heavy atom. The molecule has 0 saturated heterocycles. The van der Waals surface area contributed by atoms with E-state index < -0.39 is 0 Å². The Morgan fingerprint density at radius 3 is 2.38 bits per heavy atom. The second-order valence-electron chi connectivity index (χ2n) is 5.73. The first-order valence-electron chi connectivity index (χ1n) is 7.97. The minimum absolute atomic E-state index is 0.0271. The van der Waals surface area contributed by atoms with E-state index in [1.54, 1.807) is 20.3 Å². The monoisotopic (exact) mass is 323 g/mol. The largest absolute Gasteiger partial charge is 0.493 e. The fourth-order valence-corrected chi connectivity index (χ4v) is 2.91. The van der Waals surface area contributed by atoms with Crippen molar-refractivity contribution in [2.24, 2.45) is 0 Å². The summed E-state index contributed by atoms with van der Waals surface area (Å²) in [5.74, 6) is 1.46. The first kappa shape index (κ1) is 16.1. The number of methoxy groups -OCH3 is 2. The highest BCUT2D eigenvalue weighted by molar-refractivity contribution is 5.91. The molecule has 0 aromatic heterocycles. The Balaban J connectivity index is 1.74. The molecule has 2 aromatic rings. The number of hydrogen-bond acceptors (Lipinski definition) is 3. The van der Waals surface area contributed by atoms with Gasteiger partial charge in [-0.05, 0) is 41.3 Å². The minimum Gasteiger partial charge on any atom is -0.493 e. The number of carbonyl (C=O) groups is 1. The SMILES string of the molecule is COc1cc2c(cc1OC)CN(C(=O)/C=C/c1ccccc1)CC2. The molecule has 1 heterocycles. The predicted molar refractivity (Wildman–Crippen MR) is 94.1 cm³/mol. The Bertz CT molecular complexity index is 753. The zero-order chi connectivity index (χ0) is 16.9. The van der Waals surface area contributed by atoms with Gasteiger partial charge in [0, 0.05) is 19.2 Å². The molecule has 0 saturated carbocycles. The quantitative estimate of drug-likeness (QED) is 0.810. The zero-order valence-electron chi connectivity index (χ0n) is 14.0. The lowest BCUT2D eigenvalue weighted by Gasteiger charge is -2.28. The van der Waals surface area contributed by atoms with Crippen molar-refractivity contribution < 1.29 is 14.3 Å². The van der Waals surface area contributed by atoms with Crippen LogP contribution in [0, 0.1) is 0 Å². The molecule has 1 aliphatic heterocycles. The van der Waals surface area contributed by atoms with Crippen LogP contribution in [0.1, 0.15) is 16.7 Å². The number of carbonyl (C=O) groups excluding carboxylic acids is 1. The molecule has 0 N–H and O–H groups in total. The fourth-order valence-electron chi connectivity index (χ4n) is 2.91. The van der Waals surface area contributed by atoms with E-state index in [4.69, 9.17) is 9.47 Å². The number of nitrogens with zero attached hydrogens (tertiary/aromatic N) is 1. The van der Waals surface area contributed by atoms with Gasteiger partial charge in [0.25, 0.3) is 0 Å². The summed E-state index contributed by atoms with van der Waals surface area (Å²) in [5.41, 5.74) is 3.35. The van der Waals surface area contributed by atoms with E-state index in [-0.39, 0.29) is 5.91 Å². The van der Waals surface area contributed by atoms with Crippen LogP contribution in [0.25, 0.3) is 6.08 Å². The molecule has 124 valence electrons. The van der Waals surface area contributed by atoms with Gasteiger partial charge in [0.1, 0.15) is 0 Å². The molecule has 0 bridgehead atoms. The van der Waals surface area contributed by atoms with Gasteiger partial charge in [-0.3, -0.25) is 4.79 Å². The van der Waals surface area contributed by atoms with Crippen molar-refractivity contribution in [3.05, 3.63) is 65.2 Å². The highest BCUT2D eigenvalue weighted by atomic mass is 16.5. The molecule has 3 rings (SSSR count). The maximum absolute atomic E-state index is 12.4. The first-order valence-corrected chi connectivity index (χ1v) is 7.97. The van der Waals surface area contributed by atoms with Crippen LogP contribution in [-0.2, 0) is 17.8 Å². The Hall–Kier alpha value is -2.75. The van der Waals surface area contributed by atoms with Crippen LogP contribution >= 0.6 is 0 Å². The standard InChI is InChI=1S/C20H21NO3/c1-23-18-12-16-10-11-21(14-17(16)13-19(18)24-2)20(22)9-8-15-6-4-3-5-7-15/h3-9,12-13H,10-11,14H2,1-2H3/b9-8+. The van der Waals surface area contributed by atoms with Gasteiger partial charge < -0.3 is 14.4 Å². The Labute approximate surface area is 142 Å². The van der Waals surface area contributed by atoms with Crippen LogP contribution in [0.15, 0.2) is 48.5 Å². The summed E-state index contributed by atoms with van der Waals surface area (Å²) in [6, 6.07) is 13.8. The van der Waals surface area contributed by atoms with Crippen molar-refractivity contribution in [1.29, 1.82) is 0 Å². The van der Waals surface area contributed by atoms with E-state index in [9.17, 15) is 4.79 Å². The zero-order valence-corrected chi connectivity index (χ0v) is 14.0. The van der Waals surface area contributed by atoms with E-state index in [0.29, 0.717) is 18.8 Å². The summed E-state index contributed by atoms with van der Waals surface area (Å²) in [7, 11) is 3.26. The molecule has 1 amide bonds. The number of hydrogen-bond donors (Lipinski definition) is 0. The number of rotatable bonds is 4. The van der Waals surface area contributed by atoms with Crippen molar-refractivity contribution >= 4 is 12.0 Å².